The Hall–Kier alpha value is -3.56. The molecule has 0 bridgehead atoms. The second-order valence-electron chi connectivity index (χ2n) is 7.78. The van der Waals surface area contributed by atoms with Gasteiger partial charge in [-0.25, -0.2) is 14.2 Å². The molecule has 1 aromatic carbocycles. The van der Waals surface area contributed by atoms with Crippen molar-refractivity contribution in [2.24, 2.45) is 7.05 Å². The van der Waals surface area contributed by atoms with Crippen LogP contribution in [0.15, 0.2) is 58.5 Å². The van der Waals surface area contributed by atoms with Gasteiger partial charge in [0.25, 0.3) is 5.56 Å². The third kappa shape index (κ3) is 4.44. The summed E-state index contributed by atoms with van der Waals surface area (Å²) < 4.78 is 21.9. The Balaban J connectivity index is 2.02. The van der Waals surface area contributed by atoms with Gasteiger partial charge in [-0.3, -0.25) is 18.9 Å². The van der Waals surface area contributed by atoms with Crippen molar-refractivity contribution in [2.45, 2.75) is 32.4 Å². The van der Waals surface area contributed by atoms with E-state index >= 15 is 0 Å². The topological polar surface area (TPSA) is 99.2 Å². The van der Waals surface area contributed by atoms with Gasteiger partial charge in [-0.15, -0.1) is 0 Å². The number of hydrogen-bond donors (Lipinski definition) is 1. The lowest BCUT2D eigenvalue weighted by molar-refractivity contribution is 0.217. The minimum absolute atomic E-state index is 0.0279. The molecule has 0 radical (unpaired) electrons. The zero-order valence-electron chi connectivity index (χ0n) is 18.5. The van der Waals surface area contributed by atoms with Crippen LogP contribution in [0.25, 0.3) is 11.0 Å². The van der Waals surface area contributed by atoms with Crippen molar-refractivity contribution in [3.63, 3.8) is 0 Å². The number of hydrogen-bond acceptors (Lipinski definition) is 6. The Labute approximate surface area is 198 Å². The van der Waals surface area contributed by atoms with Crippen LogP contribution in [0.1, 0.15) is 37.0 Å². The van der Waals surface area contributed by atoms with Gasteiger partial charge >= 0.3 is 5.69 Å². The standard InChI is InChI=1S/C24H22ClFN4O4/c1-3-4-9-30-23(32)20-19(21(31)14-5-7-15(25)8-6-14)18(13-28-22(20)29(2)24(30)33)34-17-10-16(26)11-27-12-17/h5-8,10-13,21,31H,3-4,9H2,1-2H3. The van der Waals surface area contributed by atoms with Crippen LogP contribution >= 0.6 is 11.6 Å². The lowest BCUT2D eigenvalue weighted by Crippen LogP contribution is -2.40. The summed E-state index contributed by atoms with van der Waals surface area (Å²) in [5.41, 5.74) is -0.469. The van der Waals surface area contributed by atoms with Crippen LogP contribution in [0.3, 0.4) is 0 Å². The molecule has 0 aliphatic heterocycles. The molecule has 0 spiro atoms. The lowest BCUT2D eigenvalue weighted by Gasteiger charge is -2.20. The van der Waals surface area contributed by atoms with Crippen LogP contribution in [0, 0.1) is 5.82 Å². The van der Waals surface area contributed by atoms with Gasteiger partial charge in [-0.2, -0.15) is 0 Å². The van der Waals surface area contributed by atoms with E-state index in [1.54, 1.807) is 24.3 Å². The van der Waals surface area contributed by atoms with E-state index in [0.29, 0.717) is 17.0 Å². The molecule has 8 nitrogen and oxygen atoms in total. The smallest absolute Gasteiger partial charge is 0.332 e. The molecule has 3 aromatic heterocycles. The van der Waals surface area contributed by atoms with E-state index < -0.39 is 23.2 Å². The summed E-state index contributed by atoms with van der Waals surface area (Å²) in [6.07, 6.45) is 3.68. The zero-order chi connectivity index (χ0) is 24.4. The van der Waals surface area contributed by atoms with Gasteiger partial charge in [0, 0.05) is 30.2 Å². The molecule has 0 aliphatic carbocycles. The summed E-state index contributed by atoms with van der Waals surface area (Å²) in [5, 5.41) is 11.9. The Kier molecular flexibility index (Phi) is 6.76. The fourth-order valence-corrected chi connectivity index (χ4v) is 3.84. The monoisotopic (exact) mass is 484 g/mol. The molecular weight excluding hydrogens is 463 g/mol. The maximum Gasteiger partial charge on any atom is 0.332 e. The van der Waals surface area contributed by atoms with Crippen LogP contribution in [0.2, 0.25) is 5.02 Å². The third-order valence-corrected chi connectivity index (χ3v) is 5.71. The van der Waals surface area contributed by atoms with Crippen molar-refractivity contribution in [1.82, 2.24) is 19.1 Å². The average Bonchev–Trinajstić information content (AvgIpc) is 2.82. The second kappa shape index (κ2) is 9.74. The van der Waals surface area contributed by atoms with Gasteiger partial charge in [0.1, 0.15) is 23.3 Å². The van der Waals surface area contributed by atoms with Crippen LogP contribution in [-0.2, 0) is 13.6 Å². The fourth-order valence-electron chi connectivity index (χ4n) is 3.71. The third-order valence-electron chi connectivity index (χ3n) is 5.46. The molecule has 0 aliphatic rings. The number of halogens is 2. The summed E-state index contributed by atoms with van der Waals surface area (Å²) in [4.78, 5) is 34.4. The van der Waals surface area contributed by atoms with Gasteiger partial charge in [-0.1, -0.05) is 37.1 Å². The number of aryl methyl sites for hydroxylation is 1. The highest BCUT2D eigenvalue weighted by Crippen LogP contribution is 2.36. The van der Waals surface area contributed by atoms with E-state index in [9.17, 15) is 19.1 Å². The van der Waals surface area contributed by atoms with Crippen molar-refractivity contribution in [3.05, 3.63) is 91.7 Å². The predicted molar refractivity (Wildman–Crippen MR) is 126 cm³/mol. The van der Waals surface area contributed by atoms with E-state index in [1.165, 1.54) is 24.0 Å². The number of aliphatic hydroxyl groups is 1. The van der Waals surface area contributed by atoms with E-state index in [1.807, 2.05) is 6.92 Å². The first kappa shape index (κ1) is 23.6. The quantitative estimate of drug-likeness (QED) is 0.426. The number of aliphatic hydroxyl groups excluding tert-OH is 1. The van der Waals surface area contributed by atoms with Crippen LogP contribution in [0.5, 0.6) is 11.5 Å². The van der Waals surface area contributed by atoms with Gasteiger partial charge in [-0.05, 0) is 24.1 Å². The predicted octanol–water partition coefficient (Wildman–Crippen LogP) is 3.96. The number of nitrogens with zero attached hydrogens (tertiary/aromatic N) is 4. The fraction of sp³-hybridized carbons (Fsp3) is 0.250. The molecule has 10 heteroatoms. The van der Waals surface area contributed by atoms with Crippen molar-refractivity contribution >= 4 is 22.6 Å². The number of fused-ring (bicyclic) bond motifs is 1. The molecule has 3 heterocycles. The average molecular weight is 485 g/mol. The Morgan fingerprint density at radius 1 is 1.18 bits per heavy atom. The van der Waals surface area contributed by atoms with Crippen LogP contribution < -0.4 is 16.0 Å². The molecule has 4 rings (SSSR count). The summed E-state index contributed by atoms with van der Waals surface area (Å²) in [6.45, 7) is 2.17. The van der Waals surface area contributed by atoms with Crippen molar-refractivity contribution in [3.8, 4) is 11.5 Å². The highest BCUT2D eigenvalue weighted by Gasteiger charge is 2.25. The van der Waals surface area contributed by atoms with E-state index in [-0.39, 0.29) is 34.6 Å². The maximum atomic E-state index is 13.7. The molecule has 0 fully saturated rings. The number of benzene rings is 1. The molecule has 4 aromatic rings. The lowest BCUT2D eigenvalue weighted by atomic mass is 9.98. The number of unbranched alkanes of at least 4 members (excludes halogenated alkanes) is 1. The molecule has 1 atom stereocenters. The summed E-state index contributed by atoms with van der Waals surface area (Å²) >= 11 is 5.99. The Morgan fingerprint density at radius 2 is 1.91 bits per heavy atom. The molecule has 1 unspecified atom stereocenters. The molecule has 176 valence electrons. The van der Waals surface area contributed by atoms with Crippen molar-refractivity contribution < 1.29 is 14.2 Å². The minimum atomic E-state index is -1.33. The van der Waals surface area contributed by atoms with Crippen LogP contribution in [-0.4, -0.2) is 24.2 Å². The van der Waals surface area contributed by atoms with Gasteiger partial charge < -0.3 is 9.84 Å². The molecule has 34 heavy (non-hydrogen) atoms. The second-order valence-corrected chi connectivity index (χ2v) is 8.22. The largest absolute Gasteiger partial charge is 0.454 e. The first-order valence-electron chi connectivity index (χ1n) is 10.7. The Bertz CT molecular complexity index is 1470. The van der Waals surface area contributed by atoms with E-state index in [0.717, 1.165) is 23.3 Å². The normalized spacial score (nSPS) is 12.1. The number of ether oxygens (including phenoxy) is 1. The molecular formula is C24H22ClFN4O4. The van der Waals surface area contributed by atoms with E-state index in [4.69, 9.17) is 16.3 Å². The molecule has 0 saturated heterocycles. The minimum Gasteiger partial charge on any atom is -0.454 e. The zero-order valence-corrected chi connectivity index (χ0v) is 19.3. The van der Waals surface area contributed by atoms with Crippen molar-refractivity contribution in [1.29, 1.82) is 0 Å². The van der Waals surface area contributed by atoms with Gasteiger partial charge in [0.15, 0.2) is 5.75 Å². The van der Waals surface area contributed by atoms with Crippen LogP contribution in [0.4, 0.5) is 4.39 Å². The maximum absolute atomic E-state index is 13.7. The number of aromatic nitrogens is 4. The highest BCUT2D eigenvalue weighted by molar-refractivity contribution is 6.30. The molecule has 0 saturated carbocycles. The van der Waals surface area contributed by atoms with Crippen molar-refractivity contribution in [2.75, 3.05) is 0 Å². The summed E-state index contributed by atoms with van der Waals surface area (Å²) in [7, 11) is 1.51. The highest BCUT2D eigenvalue weighted by atomic mass is 35.5. The molecule has 1 N–H and O–H groups in total. The number of pyridine rings is 2. The van der Waals surface area contributed by atoms with E-state index in [2.05, 4.69) is 9.97 Å². The number of rotatable bonds is 7. The van der Waals surface area contributed by atoms with Gasteiger partial charge in [0.05, 0.1) is 24.0 Å². The van der Waals surface area contributed by atoms with Gasteiger partial charge in [0.2, 0.25) is 0 Å². The first-order chi connectivity index (χ1) is 16.3. The SMILES string of the molecule is CCCCn1c(=O)c2c(C(O)c3ccc(Cl)cc3)c(Oc3cncc(F)c3)cnc2n(C)c1=O. The summed E-state index contributed by atoms with van der Waals surface area (Å²) in [5.74, 6) is -0.530. The summed E-state index contributed by atoms with van der Waals surface area (Å²) in [6, 6.07) is 7.57. The Morgan fingerprint density at radius 3 is 2.59 bits per heavy atom. The first-order valence-corrected chi connectivity index (χ1v) is 11.0. The molecule has 0 amide bonds.